The Bertz CT molecular complexity index is 2250. The van der Waals surface area contributed by atoms with Crippen molar-refractivity contribution in [3.05, 3.63) is 87.7 Å². The lowest BCUT2D eigenvalue weighted by Crippen LogP contribution is -2.54. The number of ether oxygens (including phenoxy) is 1. The zero-order chi connectivity index (χ0) is 40.9. The van der Waals surface area contributed by atoms with E-state index in [1.807, 2.05) is 11.0 Å². The van der Waals surface area contributed by atoms with E-state index in [9.17, 15) is 24.0 Å². The summed E-state index contributed by atoms with van der Waals surface area (Å²) in [7, 11) is 0. The van der Waals surface area contributed by atoms with E-state index in [0.29, 0.717) is 59.4 Å². The fraction of sp³-hybridized carbons (Fsp3) is 0.455. The van der Waals surface area contributed by atoms with Gasteiger partial charge in [-0.15, -0.1) is 0 Å². The minimum Gasteiger partial charge on any atom is -0.490 e. The van der Waals surface area contributed by atoms with Crippen LogP contribution < -0.4 is 19.9 Å². The molecule has 5 fully saturated rings. The van der Waals surface area contributed by atoms with Crippen molar-refractivity contribution in [2.75, 3.05) is 55.6 Å². The van der Waals surface area contributed by atoms with Crippen LogP contribution in [0.1, 0.15) is 88.0 Å². The van der Waals surface area contributed by atoms with E-state index in [1.165, 1.54) is 6.07 Å². The summed E-state index contributed by atoms with van der Waals surface area (Å²) >= 11 is 6.21. The van der Waals surface area contributed by atoms with Gasteiger partial charge >= 0.3 is 0 Å². The first kappa shape index (κ1) is 39.0. The standard InChI is InChI=1S/C44H45ClFN7O6/c45-36-23-32(6-1-28(36)24-47)59-33-20-30-3-4-31(21-33)52(30)42(56)27-2-8-38(37(46)19-27)51-17-15-49(16-18-51)25-26-11-13-50(14-12-26)29-5-7-34-35(22-29)44(58)53(43(34)57)39-9-10-40(54)48-41(39)55/h1-2,5-8,19,22-23,26,30-31,33,39H,3-4,9-18,20-21,25H2,(H,48,54,55). The fourth-order valence-electron chi connectivity index (χ4n) is 10.0. The Labute approximate surface area is 346 Å². The molecule has 306 valence electrons. The van der Waals surface area contributed by atoms with Crippen LogP contribution in [0.25, 0.3) is 0 Å². The average molecular weight is 822 g/mol. The second-order valence-electron chi connectivity index (χ2n) is 16.6. The number of halogens is 2. The summed E-state index contributed by atoms with van der Waals surface area (Å²) in [6, 6.07) is 16.3. The second kappa shape index (κ2) is 15.9. The maximum absolute atomic E-state index is 15.7. The maximum atomic E-state index is 15.7. The number of imide groups is 2. The molecule has 15 heteroatoms. The molecule has 13 nitrogen and oxygen atoms in total. The Hall–Kier alpha value is -5.52. The van der Waals surface area contributed by atoms with Gasteiger partial charge in [-0.2, -0.15) is 5.26 Å². The molecule has 3 aromatic carbocycles. The van der Waals surface area contributed by atoms with Gasteiger partial charge in [0.15, 0.2) is 0 Å². The first-order valence-electron chi connectivity index (χ1n) is 20.6. The maximum Gasteiger partial charge on any atom is 0.262 e. The molecule has 6 aliphatic rings. The number of nitrogens with zero attached hydrogens (tertiary/aromatic N) is 6. The summed E-state index contributed by atoms with van der Waals surface area (Å²) < 4.78 is 21.9. The van der Waals surface area contributed by atoms with Crippen molar-refractivity contribution < 1.29 is 33.1 Å². The fourth-order valence-corrected chi connectivity index (χ4v) is 10.2. The lowest BCUT2D eigenvalue weighted by Gasteiger charge is -2.40. The summed E-state index contributed by atoms with van der Waals surface area (Å²) in [6.45, 7) is 5.53. The quantitative estimate of drug-likeness (QED) is 0.308. The van der Waals surface area contributed by atoms with E-state index in [2.05, 4.69) is 26.1 Å². The Morgan fingerprint density at radius 1 is 0.831 bits per heavy atom. The van der Waals surface area contributed by atoms with Gasteiger partial charge in [-0.3, -0.25) is 39.1 Å². The van der Waals surface area contributed by atoms with E-state index in [0.717, 1.165) is 69.0 Å². The van der Waals surface area contributed by atoms with Crippen LogP contribution in [0.2, 0.25) is 5.02 Å². The molecule has 2 bridgehead atoms. The number of benzene rings is 3. The molecule has 9 rings (SSSR count). The lowest BCUT2D eigenvalue weighted by atomic mass is 9.95. The van der Waals surface area contributed by atoms with E-state index >= 15 is 4.39 Å². The normalized spacial score (nSPS) is 25.0. The van der Waals surface area contributed by atoms with Crippen molar-refractivity contribution in [3.63, 3.8) is 0 Å². The van der Waals surface area contributed by atoms with Crippen LogP contribution >= 0.6 is 11.6 Å². The van der Waals surface area contributed by atoms with Gasteiger partial charge in [-0.25, -0.2) is 4.39 Å². The van der Waals surface area contributed by atoms with E-state index in [-0.39, 0.29) is 53.9 Å². The summed E-state index contributed by atoms with van der Waals surface area (Å²) in [5.74, 6) is -1.47. The van der Waals surface area contributed by atoms with E-state index < -0.39 is 29.7 Å². The van der Waals surface area contributed by atoms with Gasteiger partial charge in [0.05, 0.1) is 27.4 Å². The number of piperazine rings is 1. The highest BCUT2D eigenvalue weighted by atomic mass is 35.5. The number of hydrogen-bond acceptors (Lipinski definition) is 10. The average Bonchev–Trinajstić information content (AvgIpc) is 3.64. The minimum absolute atomic E-state index is 0.0137. The second-order valence-corrected chi connectivity index (χ2v) is 17.0. The first-order valence-corrected chi connectivity index (χ1v) is 21.0. The third kappa shape index (κ3) is 7.51. The van der Waals surface area contributed by atoms with Crippen LogP contribution in [0.3, 0.4) is 0 Å². The van der Waals surface area contributed by atoms with Crippen molar-refractivity contribution in [1.82, 2.24) is 20.0 Å². The van der Waals surface area contributed by atoms with Gasteiger partial charge in [-0.1, -0.05) is 11.6 Å². The molecule has 5 saturated heterocycles. The zero-order valence-corrected chi connectivity index (χ0v) is 33.3. The SMILES string of the molecule is N#Cc1ccc(OC2CC3CCC(C2)N3C(=O)c2ccc(N3CCN(CC4CCN(c5ccc6c(c5)C(=O)N(C5CCC(=O)NC5=O)C6=O)CC4)CC3)c(F)c2)cc1Cl. The highest BCUT2D eigenvalue weighted by Gasteiger charge is 2.46. The highest BCUT2D eigenvalue weighted by Crippen LogP contribution is 2.39. The zero-order valence-electron chi connectivity index (χ0n) is 32.6. The highest BCUT2D eigenvalue weighted by molar-refractivity contribution is 6.31. The molecular formula is C44H45ClFN7O6. The number of rotatable bonds is 8. The summed E-state index contributed by atoms with van der Waals surface area (Å²) in [4.78, 5) is 74.0. The summed E-state index contributed by atoms with van der Waals surface area (Å²) in [5.41, 5.74) is 2.70. The molecule has 0 aliphatic carbocycles. The third-order valence-corrected chi connectivity index (χ3v) is 13.4. The predicted molar refractivity (Wildman–Crippen MR) is 216 cm³/mol. The van der Waals surface area contributed by atoms with Crippen molar-refractivity contribution >= 4 is 52.5 Å². The van der Waals surface area contributed by atoms with Gasteiger partial charge in [0.25, 0.3) is 17.7 Å². The molecule has 3 atom stereocenters. The first-order chi connectivity index (χ1) is 28.5. The topological polar surface area (TPSA) is 147 Å². The molecule has 3 aromatic rings. The molecule has 0 saturated carbocycles. The van der Waals surface area contributed by atoms with Crippen molar-refractivity contribution in [1.29, 1.82) is 5.26 Å². The number of amides is 5. The molecule has 1 N–H and O–H groups in total. The Balaban J connectivity index is 0.743. The van der Waals surface area contributed by atoms with Gasteiger partial charge < -0.3 is 19.4 Å². The molecule has 3 unspecified atom stereocenters. The smallest absolute Gasteiger partial charge is 0.262 e. The monoisotopic (exact) mass is 821 g/mol. The number of nitrogens with one attached hydrogen (secondary N) is 1. The molecule has 59 heavy (non-hydrogen) atoms. The van der Waals surface area contributed by atoms with Crippen LogP contribution in [-0.4, -0.2) is 114 Å². The Morgan fingerprint density at radius 2 is 1.56 bits per heavy atom. The molecule has 6 aliphatic heterocycles. The number of anilines is 2. The number of piperidine rings is 3. The Morgan fingerprint density at radius 3 is 2.24 bits per heavy atom. The number of fused-ring (bicyclic) bond motifs is 3. The van der Waals surface area contributed by atoms with Gasteiger partial charge in [0.1, 0.15) is 29.8 Å². The molecular weight excluding hydrogens is 777 g/mol. The molecule has 6 heterocycles. The van der Waals surface area contributed by atoms with Crippen LogP contribution in [0.15, 0.2) is 54.6 Å². The van der Waals surface area contributed by atoms with Gasteiger partial charge in [0, 0.05) is 94.5 Å². The number of hydrogen-bond donors (Lipinski definition) is 1. The Kier molecular flexibility index (Phi) is 10.5. The van der Waals surface area contributed by atoms with E-state index in [4.69, 9.17) is 21.6 Å². The molecule has 0 radical (unpaired) electrons. The van der Waals surface area contributed by atoms with Crippen LogP contribution in [-0.2, 0) is 9.59 Å². The van der Waals surface area contributed by atoms with Crippen molar-refractivity contribution in [2.24, 2.45) is 5.92 Å². The van der Waals surface area contributed by atoms with E-state index in [1.54, 1.807) is 42.5 Å². The van der Waals surface area contributed by atoms with Crippen LogP contribution in [0, 0.1) is 23.1 Å². The summed E-state index contributed by atoms with van der Waals surface area (Å²) in [6.07, 6.45) is 5.17. The number of carbonyl (C=O) groups is 5. The molecule has 0 aromatic heterocycles. The third-order valence-electron chi connectivity index (χ3n) is 13.1. The van der Waals surface area contributed by atoms with Crippen LogP contribution in [0.5, 0.6) is 5.75 Å². The summed E-state index contributed by atoms with van der Waals surface area (Å²) in [5, 5.41) is 11.8. The van der Waals surface area contributed by atoms with Crippen molar-refractivity contribution in [3.8, 4) is 11.8 Å². The lowest BCUT2D eigenvalue weighted by molar-refractivity contribution is -0.136. The van der Waals surface area contributed by atoms with Crippen molar-refractivity contribution in [2.45, 2.75) is 75.6 Å². The van der Waals surface area contributed by atoms with Gasteiger partial charge in [-0.05, 0) is 86.6 Å². The molecule has 5 amide bonds. The predicted octanol–water partition coefficient (Wildman–Crippen LogP) is 5.01. The van der Waals surface area contributed by atoms with Gasteiger partial charge in [0.2, 0.25) is 11.8 Å². The number of nitriles is 1. The minimum atomic E-state index is -0.988. The van der Waals surface area contributed by atoms with Crippen LogP contribution in [0.4, 0.5) is 15.8 Å². The molecule has 0 spiro atoms. The number of carbonyl (C=O) groups excluding carboxylic acids is 5. The largest absolute Gasteiger partial charge is 0.490 e.